The lowest BCUT2D eigenvalue weighted by atomic mass is 10.2. The SMILES string of the molecule is CC(C)COc1ccc(S(=O)(=O)N(C)C)cc1C(=O)O. The fourth-order valence-corrected chi connectivity index (χ4v) is 2.36. The number of benzene rings is 1. The zero-order valence-corrected chi connectivity index (χ0v) is 12.8. The second-order valence-electron chi connectivity index (χ2n) is 4.96. The normalized spacial score (nSPS) is 11.9. The first kappa shape index (κ1) is 16.5. The Morgan fingerprint density at radius 2 is 1.95 bits per heavy atom. The molecule has 0 bridgehead atoms. The monoisotopic (exact) mass is 301 g/mol. The fourth-order valence-electron chi connectivity index (χ4n) is 1.43. The smallest absolute Gasteiger partial charge is 0.339 e. The van der Waals surface area contributed by atoms with Crippen LogP contribution in [-0.4, -0.2) is 44.5 Å². The number of hydrogen-bond acceptors (Lipinski definition) is 4. The number of hydrogen-bond donors (Lipinski definition) is 1. The highest BCUT2D eigenvalue weighted by Crippen LogP contribution is 2.24. The summed E-state index contributed by atoms with van der Waals surface area (Å²) >= 11 is 0. The molecule has 0 aliphatic heterocycles. The van der Waals surface area contributed by atoms with Crippen molar-refractivity contribution < 1.29 is 23.1 Å². The molecule has 0 spiro atoms. The van der Waals surface area contributed by atoms with E-state index < -0.39 is 16.0 Å². The summed E-state index contributed by atoms with van der Waals surface area (Å²) in [5.41, 5.74) is -0.159. The molecule has 0 unspecified atom stereocenters. The highest BCUT2D eigenvalue weighted by atomic mass is 32.2. The maximum atomic E-state index is 12.0. The van der Waals surface area contributed by atoms with Crippen molar-refractivity contribution in [1.82, 2.24) is 4.31 Å². The number of sulfonamides is 1. The Hall–Kier alpha value is -1.60. The van der Waals surface area contributed by atoms with Crippen LogP contribution in [0.2, 0.25) is 0 Å². The van der Waals surface area contributed by atoms with E-state index in [-0.39, 0.29) is 22.1 Å². The van der Waals surface area contributed by atoms with Crippen molar-refractivity contribution >= 4 is 16.0 Å². The van der Waals surface area contributed by atoms with Gasteiger partial charge >= 0.3 is 5.97 Å². The maximum absolute atomic E-state index is 12.0. The number of aromatic carboxylic acids is 1. The minimum absolute atomic E-state index is 0.0724. The molecule has 0 saturated carbocycles. The van der Waals surface area contributed by atoms with Crippen LogP contribution in [0.25, 0.3) is 0 Å². The Bertz CT molecular complexity index is 593. The predicted octanol–water partition coefficient (Wildman–Crippen LogP) is 1.67. The van der Waals surface area contributed by atoms with Crippen molar-refractivity contribution in [1.29, 1.82) is 0 Å². The molecule has 1 rings (SSSR count). The van der Waals surface area contributed by atoms with Gasteiger partial charge in [-0.1, -0.05) is 13.8 Å². The van der Waals surface area contributed by atoms with E-state index in [1.54, 1.807) is 0 Å². The molecule has 0 aliphatic carbocycles. The van der Waals surface area contributed by atoms with E-state index >= 15 is 0 Å². The van der Waals surface area contributed by atoms with Gasteiger partial charge in [-0.05, 0) is 24.1 Å². The molecule has 112 valence electrons. The summed E-state index contributed by atoms with van der Waals surface area (Å²) in [6.45, 7) is 4.23. The lowest BCUT2D eigenvalue weighted by Gasteiger charge is -2.15. The second kappa shape index (κ2) is 6.23. The van der Waals surface area contributed by atoms with Gasteiger partial charge in [0, 0.05) is 14.1 Å². The zero-order chi connectivity index (χ0) is 15.5. The number of rotatable bonds is 6. The van der Waals surface area contributed by atoms with Gasteiger partial charge in [-0.2, -0.15) is 0 Å². The summed E-state index contributed by atoms with van der Waals surface area (Å²) in [6.07, 6.45) is 0. The average molecular weight is 301 g/mol. The van der Waals surface area contributed by atoms with E-state index in [1.165, 1.54) is 26.2 Å². The van der Waals surface area contributed by atoms with Crippen LogP contribution < -0.4 is 4.74 Å². The summed E-state index contributed by atoms with van der Waals surface area (Å²) in [7, 11) is -0.891. The fraction of sp³-hybridized carbons (Fsp3) is 0.462. The third-order valence-electron chi connectivity index (χ3n) is 2.53. The molecule has 0 fully saturated rings. The molecule has 0 aliphatic rings. The van der Waals surface area contributed by atoms with E-state index in [4.69, 9.17) is 4.74 Å². The highest BCUT2D eigenvalue weighted by Gasteiger charge is 2.21. The third-order valence-corrected chi connectivity index (χ3v) is 4.34. The first-order valence-electron chi connectivity index (χ1n) is 6.09. The van der Waals surface area contributed by atoms with Crippen LogP contribution in [0.3, 0.4) is 0 Å². The van der Waals surface area contributed by atoms with Crippen molar-refractivity contribution in [2.75, 3.05) is 20.7 Å². The van der Waals surface area contributed by atoms with Crippen LogP contribution in [0.15, 0.2) is 23.1 Å². The summed E-state index contributed by atoms with van der Waals surface area (Å²) in [6, 6.07) is 3.84. The van der Waals surface area contributed by atoms with Crippen LogP contribution in [0.4, 0.5) is 0 Å². The minimum atomic E-state index is -3.67. The van der Waals surface area contributed by atoms with Crippen molar-refractivity contribution in [3.8, 4) is 5.75 Å². The van der Waals surface area contributed by atoms with E-state index in [2.05, 4.69) is 0 Å². The summed E-state index contributed by atoms with van der Waals surface area (Å²) in [5.74, 6) is -0.815. The molecule has 7 heteroatoms. The molecule has 0 saturated heterocycles. The Morgan fingerprint density at radius 1 is 1.35 bits per heavy atom. The Labute approximate surface area is 119 Å². The number of nitrogens with zero attached hydrogens (tertiary/aromatic N) is 1. The summed E-state index contributed by atoms with van der Waals surface area (Å²) in [5, 5.41) is 9.17. The predicted molar refractivity (Wildman–Crippen MR) is 74.6 cm³/mol. The van der Waals surface area contributed by atoms with Gasteiger partial charge < -0.3 is 9.84 Å². The van der Waals surface area contributed by atoms with Crippen molar-refractivity contribution in [3.63, 3.8) is 0 Å². The molecule has 0 atom stereocenters. The maximum Gasteiger partial charge on any atom is 0.339 e. The molecule has 6 nitrogen and oxygen atoms in total. The van der Waals surface area contributed by atoms with E-state index in [1.807, 2.05) is 13.8 Å². The molecule has 1 aromatic rings. The molecule has 0 heterocycles. The van der Waals surface area contributed by atoms with Gasteiger partial charge in [-0.15, -0.1) is 0 Å². The minimum Gasteiger partial charge on any atom is -0.492 e. The van der Waals surface area contributed by atoms with Gasteiger partial charge in [-0.3, -0.25) is 0 Å². The van der Waals surface area contributed by atoms with Gasteiger partial charge in [0.25, 0.3) is 0 Å². The van der Waals surface area contributed by atoms with Crippen LogP contribution in [0.5, 0.6) is 5.75 Å². The van der Waals surface area contributed by atoms with Gasteiger partial charge in [0.15, 0.2) is 0 Å². The first-order valence-corrected chi connectivity index (χ1v) is 7.53. The Kier molecular flexibility index (Phi) is 5.13. The molecule has 20 heavy (non-hydrogen) atoms. The topological polar surface area (TPSA) is 83.9 Å². The first-order chi connectivity index (χ1) is 9.16. The summed E-state index contributed by atoms with van der Waals surface area (Å²) in [4.78, 5) is 11.2. The highest BCUT2D eigenvalue weighted by molar-refractivity contribution is 7.89. The van der Waals surface area contributed by atoms with Crippen LogP contribution in [-0.2, 0) is 10.0 Å². The van der Waals surface area contributed by atoms with Crippen molar-refractivity contribution in [2.45, 2.75) is 18.7 Å². The van der Waals surface area contributed by atoms with Gasteiger partial charge in [0.05, 0.1) is 11.5 Å². The van der Waals surface area contributed by atoms with Gasteiger partial charge in [-0.25, -0.2) is 17.5 Å². The zero-order valence-electron chi connectivity index (χ0n) is 12.0. The van der Waals surface area contributed by atoms with E-state index in [0.717, 1.165) is 10.4 Å². The number of ether oxygens (including phenoxy) is 1. The quantitative estimate of drug-likeness (QED) is 0.864. The lowest BCUT2D eigenvalue weighted by Crippen LogP contribution is -2.22. The van der Waals surface area contributed by atoms with Crippen molar-refractivity contribution in [3.05, 3.63) is 23.8 Å². The largest absolute Gasteiger partial charge is 0.492 e. The van der Waals surface area contributed by atoms with Crippen LogP contribution >= 0.6 is 0 Å². The lowest BCUT2D eigenvalue weighted by molar-refractivity contribution is 0.0691. The molecule has 0 amide bonds. The molecule has 0 aromatic heterocycles. The van der Waals surface area contributed by atoms with E-state index in [9.17, 15) is 18.3 Å². The van der Waals surface area contributed by atoms with E-state index in [0.29, 0.717) is 6.61 Å². The number of carboxylic acid groups (broad SMARTS) is 1. The molecule has 0 radical (unpaired) electrons. The standard InChI is InChI=1S/C13H19NO5S/c1-9(2)8-19-12-6-5-10(7-11(12)13(15)16)20(17,18)14(3)4/h5-7,9H,8H2,1-4H3,(H,15,16). The van der Waals surface area contributed by atoms with Gasteiger partial charge in [0.2, 0.25) is 10.0 Å². The number of carbonyl (C=O) groups is 1. The second-order valence-corrected chi connectivity index (χ2v) is 7.11. The Morgan fingerprint density at radius 3 is 2.40 bits per heavy atom. The third kappa shape index (κ3) is 3.71. The van der Waals surface area contributed by atoms with Crippen molar-refractivity contribution in [2.24, 2.45) is 5.92 Å². The molecular formula is C13H19NO5S. The van der Waals surface area contributed by atoms with Gasteiger partial charge in [0.1, 0.15) is 11.3 Å². The molecular weight excluding hydrogens is 282 g/mol. The average Bonchev–Trinajstić information content (AvgIpc) is 2.35. The Balaban J connectivity index is 3.24. The molecule has 1 N–H and O–H groups in total. The van der Waals surface area contributed by atoms with Crippen LogP contribution in [0, 0.1) is 5.92 Å². The molecule has 1 aromatic carbocycles. The number of carboxylic acids is 1. The van der Waals surface area contributed by atoms with Crippen LogP contribution in [0.1, 0.15) is 24.2 Å². The summed E-state index contributed by atoms with van der Waals surface area (Å²) < 4.78 is 30.4.